The van der Waals surface area contributed by atoms with Gasteiger partial charge in [-0.25, -0.2) is 0 Å². The summed E-state index contributed by atoms with van der Waals surface area (Å²) in [6.45, 7) is 4.09. The summed E-state index contributed by atoms with van der Waals surface area (Å²) >= 11 is 1.79. The van der Waals surface area contributed by atoms with Gasteiger partial charge in [0.25, 0.3) is 4.83 Å². The van der Waals surface area contributed by atoms with Crippen LogP contribution in [0, 0.1) is 0 Å². The Kier molecular flexibility index (Phi) is 3.22. The molecule has 2 nitrogen and oxygen atoms in total. The number of nitrogens with zero attached hydrogens (tertiary/aromatic N) is 1. The van der Waals surface area contributed by atoms with E-state index in [-0.39, 0.29) is 6.10 Å². The lowest BCUT2D eigenvalue weighted by Crippen LogP contribution is -2.15. The van der Waals surface area contributed by atoms with Gasteiger partial charge in [0, 0.05) is 17.7 Å². The van der Waals surface area contributed by atoms with E-state index in [1.54, 1.807) is 11.3 Å². The van der Waals surface area contributed by atoms with Crippen LogP contribution in [0.15, 0.2) is 54.9 Å². The molecule has 1 aromatic carbocycles. The fourth-order valence-electron chi connectivity index (χ4n) is 2.03. The molecule has 0 aliphatic rings. The van der Waals surface area contributed by atoms with Gasteiger partial charge in [0.2, 0.25) is 0 Å². The van der Waals surface area contributed by atoms with Crippen molar-refractivity contribution in [3.05, 3.63) is 54.9 Å². The summed E-state index contributed by atoms with van der Waals surface area (Å²) in [5.41, 5.74) is 1.20. The fourth-order valence-corrected chi connectivity index (χ4v) is 3.03. The topological polar surface area (TPSA) is 13.3 Å². The van der Waals surface area contributed by atoms with Crippen LogP contribution in [-0.4, -0.2) is 6.10 Å². The summed E-state index contributed by atoms with van der Waals surface area (Å²) in [5, 5.41) is 0. The lowest BCUT2D eigenvalue weighted by Gasteiger charge is -2.09. The van der Waals surface area contributed by atoms with Crippen molar-refractivity contribution in [1.82, 2.24) is 0 Å². The first-order valence-corrected chi connectivity index (χ1v) is 7.21. The van der Waals surface area contributed by atoms with Gasteiger partial charge in [0.15, 0.2) is 12.4 Å². The summed E-state index contributed by atoms with van der Waals surface area (Å²) in [5.74, 6) is 0.926. The van der Waals surface area contributed by atoms with Crippen LogP contribution < -0.4 is 9.14 Å². The number of benzene rings is 1. The Morgan fingerprint density at radius 2 is 2.00 bits per heavy atom. The van der Waals surface area contributed by atoms with Crippen LogP contribution in [0.3, 0.4) is 0 Å². The molecule has 2 heterocycles. The Hall–Kier alpha value is -1.87. The molecule has 0 amide bonds. The van der Waals surface area contributed by atoms with Crippen LogP contribution in [0.25, 0.3) is 15.3 Å². The Morgan fingerprint density at radius 1 is 1.11 bits per heavy atom. The normalized spacial score (nSPS) is 11.1. The van der Waals surface area contributed by atoms with Crippen molar-refractivity contribution >= 4 is 16.2 Å². The van der Waals surface area contributed by atoms with Gasteiger partial charge >= 0.3 is 0 Å². The average Bonchev–Trinajstić information content (AvgIpc) is 2.82. The van der Waals surface area contributed by atoms with E-state index < -0.39 is 0 Å². The SMILES string of the molecule is CC(C)Oc1cccc(-c2c[n+]3ccccc3s2)c1. The zero-order valence-corrected chi connectivity index (χ0v) is 11.9. The molecule has 0 bridgehead atoms. The van der Waals surface area contributed by atoms with Crippen LogP contribution >= 0.6 is 11.3 Å². The van der Waals surface area contributed by atoms with E-state index in [2.05, 4.69) is 41.1 Å². The van der Waals surface area contributed by atoms with Gasteiger partial charge in [0.1, 0.15) is 10.6 Å². The van der Waals surface area contributed by atoms with Crippen LogP contribution in [0.2, 0.25) is 0 Å². The number of fused-ring (bicyclic) bond motifs is 1. The number of hydrogen-bond acceptors (Lipinski definition) is 2. The highest BCUT2D eigenvalue weighted by Crippen LogP contribution is 2.28. The molecule has 0 saturated heterocycles. The molecule has 0 aliphatic carbocycles. The Labute approximate surface area is 116 Å². The number of hydrogen-bond donors (Lipinski definition) is 0. The van der Waals surface area contributed by atoms with Gasteiger partial charge in [0.05, 0.1) is 6.10 Å². The maximum Gasteiger partial charge on any atom is 0.267 e. The maximum atomic E-state index is 5.75. The molecule has 0 radical (unpaired) electrons. The maximum absolute atomic E-state index is 5.75. The van der Waals surface area contributed by atoms with Crippen LogP contribution in [0.5, 0.6) is 5.75 Å². The van der Waals surface area contributed by atoms with Crippen LogP contribution in [0.4, 0.5) is 0 Å². The molecule has 3 aromatic rings. The van der Waals surface area contributed by atoms with E-state index in [1.165, 1.54) is 15.3 Å². The van der Waals surface area contributed by atoms with Gasteiger partial charge in [-0.3, -0.25) is 0 Å². The van der Waals surface area contributed by atoms with E-state index in [9.17, 15) is 0 Å². The average molecular weight is 270 g/mol. The zero-order valence-electron chi connectivity index (χ0n) is 11.0. The van der Waals surface area contributed by atoms with Crippen molar-refractivity contribution in [3.8, 4) is 16.2 Å². The first-order valence-electron chi connectivity index (χ1n) is 6.39. The Bertz CT molecular complexity index is 670. The molecule has 3 heteroatoms. The predicted octanol–water partition coefficient (Wildman–Crippen LogP) is 3.94. The minimum Gasteiger partial charge on any atom is -0.491 e. The molecular weight excluding hydrogens is 254 g/mol. The largest absolute Gasteiger partial charge is 0.491 e. The predicted molar refractivity (Wildman–Crippen MR) is 78.7 cm³/mol. The molecule has 0 saturated carbocycles. The standard InChI is InChI=1S/C16H16NOS/c1-12(2)18-14-7-5-6-13(10-14)15-11-17-9-4-3-8-16(17)19-15/h3-12H,1-2H3/q+1. The number of pyridine rings is 1. The first kappa shape index (κ1) is 12.2. The fraction of sp³-hybridized carbons (Fsp3) is 0.188. The third-order valence-electron chi connectivity index (χ3n) is 2.81. The van der Waals surface area contributed by atoms with E-state index >= 15 is 0 Å². The van der Waals surface area contributed by atoms with E-state index in [1.807, 2.05) is 32.0 Å². The number of rotatable bonds is 3. The van der Waals surface area contributed by atoms with Gasteiger partial charge in [-0.2, -0.15) is 4.40 Å². The quantitative estimate of drug-likeness (QED) is 0.657. The molecule has 96 valence electrons. The summed E-state index contributed by atoms with van der Waals surface area (Å²) in [7, 11) is 0. The summed E-state index contributed by atoms with van der Waals surface area (Å²) in [6.07, 6.45) is 4.44. The van der Waals surface area contributed by atoms with Crippen molar-refractivity contribution in [2.24, 2.45) is 0 Å². The molecule has 0 aliphatic heterocycles. The first-order chi connectivity index (χ1) is 9.22. The second-order valence-electron chi connectivity index (χ2n) is 4.74. The summed E-state index contributed by atoms with van der Waals surface area (Å²) < 4.78 is 7.90. The van der Waals surface area contributed by atoms with Gasteiger partial charge in [-0.05, 0) is 32.0 Å². The lowest BCUT2D eigenvalue weighted by atomic mass is 10.2. The van der Waals surface area contributed by atoms with Crippen LogP contribution in [-0.2, 0) is 0 Å². The molecule has 0 atom stereocenters. The van der Waals surface area contributed by atoms with Crippen LogP contribution in [0.1, 0.15) is 13.8 Å². The number of thiazole rings is 1. The third-order valence-corrected chi connectivity index (χ3v) is 3.93. The number of aromatic nitrogens is 1. The molecule has 0 N–H and O–H groups in total. The van der Waals surface area contributed by atoms with Crippen molar-refractivity contribution in [2.45, 2.75) is 20.0 Å². The molecule has 0 unspecified atom stereocenters. The molecule has 0 fully saturated rings. The monoisotopic (exact) mass is 270 g/mol. The molecule has 2 aromatic heterocycles. The van der Waals surface area contributed by atoms with Crippen molar-refractivity contribution in [1.29, 1.82) is 0 Å². The van der Waals surface area contributed by atoms with Crippen molar-refractivity contribution < 1.29 is 9.14 Å². The highest BCUT2D eigenvalue weighted by molar-refractivity contribution is 7.20. The van der Waals surface area contributed by atoms with Crippen molar-refractivity contribution in [3.63, 3.8) is 0 Å². The molecule has 0 spiro atoms. The summed E-state index contributed by atoms with van der Waals surface area (Å²) in [4.78, 5) is 2.49. The minimum absolute atomic E-state index is 0.201. The second-order valence-corrected chi connectivity index (χ2v) is 5.80. The lowest BCUT2D eigenvalue weighted by molar-refractivity contribution is -0.506. The highest BCUT2D eigenvalue weighted by atomic mass is 32.1. The van der Waals surface area contributed by atoms with E-state index in [4.69, 9.17) is 4.74 Å². The Morgan fingerprint density at radius 3 is 2.79 bits per heavy atom. The van der Waals surface area contributed by atoms with E-state index in [0.717, 1.165) is 5.75 Å². The highest BCUT2D eigenvalue weighted by Gasteiger charge is 2.11. The minimum atomic E-state index is 0.201. The Balaban J connectivity index is 2.01. The zero-order chi connectivity index (χ0) is 13.2. The van der Waals surface area contributed by atoms with Gasteiger partial charge < -0.3 is 4.74 Å². The van der Waals surface area contributed by atoms with E-state index in [0.29, 0.717) is 0 Å². The second kappa shape index (κ2) is 5.02. The molecule has 3 rings (SSSR count). The molecular formula is C16H16NOS+. The van der Waals surface area contributed by atoms with Gasteiger partial charge in [-0.15, -0.1) is 0 Å². The summed E-state index contributed by atoms with van der Waals surface area (Å²) in [6, 6.07) is 14.5. The third kappa shape index (κ3) is 2.61. The smallest absolute Gasteiger partial charge is 0.267 e. The molecule has 19 heavy (non-hydrogen) atoms. The van der Waals surface area contributed by atoms with Crippen molar-refractivity contribution in [2.75, 3.05) is 0 Å². The number of ether oxygens (including phenoxy) is 1. The van der Waals surface area contributed by atoms with Gasteiger partial charge in [-0.1, -0.05) is 23.5 Å².